The Morgan fingerprint density at radius 1 is 1.56 bits per heavy atom. The first-order chi connectivity index (χ1) is 7.30. The fraction of sp³-hybridized carbons (Fsp3) is 0.727. The fourth-order valence-electron chi connectivity index (χ4n) is 1.06. The molecule has 94 valence electrons. The van der Waals surface area contributed by atoms with Crippen molar-refractivity contribution in [1.29, 1.82) is 0 Å². The topological polar surface area (TPSA) is 78.8 Å². The first-order valence-corrected chi connectivity index (χ1v) is 5.19. The highest BCUT2D eigenvalue weighted by molar-refractivity contribution is 5.68. The first kappa shape index (κ1) is 14.9. The summed E-state index contributed by atoms with van der Waals surface area (Å²) in [7, 11) is 0. The Labute approximate surface area is 96.1 Å². The van der Waals surface area contributed by atoms with Gasteiger partial charge in [0.15, 0.2) is 0 Å². The quantitative estimate of drug-likeness (QED) is 0.612. The molecule has 0 radical (unpaired) electrons. The van der Waals surface area contributed by atoms with Crippen LogP contribution in [0.4, 0.5) is 4.79 Å². The smallest absolute Gasteiger partial charge is 0.408 e. The summed E-state index contributed by atoms with van der Waals surface area (Å²) in [5.74, 6) is 0. The predicted molar refractivity (Wildman–Crippen MR) is 61.1 cm³/mol. The maximum Gasteiger partial charge on any atom is 0.408 e. The molecular formula is C11H21NO4. The summed E-state index contributed by atoms with van der Waals surface area (Å²) >= 11 is 0. The number of carbonyl (C=O) groups is 1. The van der Waals surface area contributed by atoms with E-state index >= 15 is 0 Å². The van der Waals surface area contributed by atoms with Crippen LogP contribution >= 0.6 is 0 Å². The van der Waals surface area contributed by atoms with Gasteiger partial charge in [0.1, 0.15) is 5.60 Å². The molecular weight excluding hydrogens is 210 g/mol. The van der Waals surface area contributed by atoms with Gasteiger partial charge in [-0.25, -0.2) is 4.79 Å². The van der Waals surface area contributed by atoms with Crippen molar-refractivity contribution in [2.75, 3.05) is 6.61 Å². The standard InChI is InChI=1S/C11H21NO4/c1-5-6-9(14)8(7-13)12-10(15)16-11(2,3)4/h5,8-9,13-14H,1,6-7H2,2-4H3,(H,12,15)/t8-,9?/m1/s1. The third kappa shape index (κ3) is 6.42. The Balaban J connectivity index is 4.21. The van der Waals surface area contributed by atoms with E-state index in [4.69, 9.17) is 9.84 Å². The summed E-state index contributed by atoms with van der Waals surface area (Å²) in [6.07, 6.45) is 0.287. The molecule has 0 aliphatic heterocycles. The number of rotatable bonds is 5. The largest absolute Gasteiger partial charge is 0.444 e. The Kier molecular flexibility index (Phi) is 6.06. The van der Waals surface area contributed by atoms with Crippen molar-refractivity contribution < 1.29 is 19.7 Å². The number of aliphatic hydroxyl groups is 2. The zero-order valence-electron chi connectivity index (χ0n) is 10.1. The van der Waals surface area contributed by atoms with E-state index in [1.54, 1.807) is 20.8 Å². The van der Waals surface area contributed by atoms with Crippen molar-refractivity contribution in [3.63, 3.8) is 0 Å². The van der Waals surface area contributed by atoms with Crippen molar-refractivity contribution in [2.24, 2.45) is 0 Å². The van der Waals surface area contributed by atoms with Gasteiger partial charge in [0.05, 0.1) is 18.8 Å². The van der Waals surface area contributed by atoms with Gasteiger partial charge in [0.2, 0.25) is 0 Å². The lowest BCUT2D eigenvalue weighted by Gasteiger charge is -2.24. The fourth-order valence-corrected chi connectivity index (χ4v) is 1.06. The van der Waals surface area contributed by atoms with E-state index < -0.39 is 23.8 Å². The highest BCUT2D eigenvalue weighted by atomic mass is 16.6. The molecule has 0 fully saturated rings. The molecule has 0 bridgehead atoms. The highest BCUT2D eigenvalue weighted by Crippen LogP contribution is 2.07. The molecule has 0 heterocycles. The van der Waals surface area contributed by atoms with Crippen molar-refractivity contribution in [3.05, 3.63) is 12.7 Å². The van der Waals surface area contributed by atoms with Crippen molar-refractivity contribution >= 4 is 6.09 Å². The number of carbonyl (C=O) groups excluding carboxylic acids is 1. The minimum atomic E-state index is -0.866. The van der Waals surface area contributed by atoms with Crippen LogP contribution in [0.15, 0.2) is 12.7 Å². The summed E-state index contributed by atoms with van der Waals surface area (Å²) < 4.78 is 5.00. The van der Waals surface area contributed by atoms with Crippen LogP contribution < -0.4 is 5.32 Å². The number of amides is 1. The van der Waals surface area contributed by atoms with Gasteiger partial charge in [-0.15, -0.1) is 6.58 Å². The molecule has 5 heteroatoms. The highest BCUT2D eigenvalue weighted by Gasteiger charge is 2.23. The van der Waals surface area contributed by atoms with E-state index in [9.17, 15) is 9.90 Å². The van der Waals surface area contributed by atoms with Gasteiger partial charge in [-0.1, -0.05) is 6.08 Å². The van der Waals surface area contributed by atoms with Crippen molar-refractivity contribution in [2.45, 2.75) is 44.9 Å². The molecule has 1 unspecified atom stereocenters. The Morgan fingerprint density at radius 3 is 2.50 bits per heavy atom. The summed E-state index contributed by atoms with van der Waals surface area (Å²) in [5, 5.41) is 21.0. The number of nitrogens with one attached hydrogen (secondary N) is 1. The summed E-state index contributed by atoms with van der Waals surface area (Å²) in [6, 6.07) is -0.743. The average Bonchev–Trinajstić information content (AvgIpc) is 2.11. The maximum atomic E-state index is 11.4. The van der Waals surface area contributed by atoms with Crippen LogP contribution in [0.2, 0.25) is 0 Å². The van der Waals surface area contributed by atoms with E-state index in [1.165, 1.54) is 6.08 Å². The van der Waals surface area contributed by atoms with Crippen LogP contribution in [0.1, 0.15) is 27.2 Å². The van der Waals surface area contributed by atoms with Gasteiger partial charge in [-0.3, -0.25) is 0 Å². The second-order valence-corrected chi connectivity index (χ2v) is 4.53. The van der Waals surface area contributed by atoms with E-state index in [0.29, 0.717) is 6.42 Å². The second kappa shape index (κ2) is 6.50. The van der Waals surface area contributed by atoms with Crippen molar-refractivity contribution in [3.8, 4) is 0 Å². The molecule has 5 nitrogen and oxygen atoms in total. The van der Waals surface area contributed by atoms with Gasteiger partial charge >= 0.3 is 6.09 Å². The average molecular weight is 231 g/mol. The Hall–Kier alpha value is -1.07. The molecule has 0 saturated carbocycles. The molecule has 1 amide bonds. The SMILES string of the molecule is C=CCC(O)[C@@H](CO)NC(=O)OC(C)(C)C. The Bertz CT molecular complexity index is 235. The molecule has 16 heavy (non-hydrogen) atoms. The van der Waals surface area contributed by atoms with Gasteiger partial charge in [-0.05, 0) is 27.2 Å². The zero-order valence-corrected chi connectivity index (χ0v) is 10.1. The number of hydrogen-bond acceptors (Lipinski definition) is 4. The third-order valence-electron chi connectivity index (χ3n) is 1.77. The van der Waals surface area contributed by atoms with E-state index in [2.05, 4.69) is 11.9 Å². The third-order valence-corrected chi connectivity index (χ3v) is 1.77. The molecule has 3 N–H and O–H groups in total. The lowest BCUT2D eigenvalue weighted by Crippen LogP contribution is -2.47. The van der Waals surface area contributed by atoms with Crippen LogP contribution in [0.5, 0.6) is 0 Å². The van der Waals surface area contributed by atoms with Gasteiger partial charge in [-0.2, -0.15) is 0 Å². The summed E-state index contributed by atoms with van der Waals surface area (Å²) in [5.41, 5.74) is -0.604. The lowest BCUT2D eigenvalue weighted by atomic mass is 10.1. The molecule has 0 aromatic carbocycles. The molecule has 0 aromatic heterocycles. The number of aliphatic hydroxyl groups excluding tert-OH is 2. The van der Waals surface area contributed by atoms with Crippen LogP contribution in [0.25, 0.3) is 0 Å². The van der Waals surface area contributed by atoms with Gasteiger partial charge < -0.3 is 20.3 Å². The molecule has 2 atom stereocenters. The molecule has 0 saturated heterocycles. The van der Waals surface area contributed by atoms with Gasteiger partial charge in [0, 0.05) is 0 Å². The summed E-state index contributed by atoms with van der Waals surface area (Å²) in [6.45, 7) is 8.33. The normalized spacial score (nSPS) is 15.1. The minimum absolute atomic E-state index is 0.293. The van der Waals surface area contributed by atoms with Crippen LogP contribution in [-0.2, 0) is 4.74 Å². The number of hydrogen-bond donors (Lipinski definition) is 3. The van der Waals surface area contributed by atoms with Gasteiger partial charge in [0.25, 0.3) is 0 Å². The molecule has 0 rings (SSSR count). The van der Waals surface area contributed by atoms with Crippen LogP contribution in [0, 0.1) is 0 Å². The minimum Gasteiger partial charge on any atom is -0.444 e. The molecule has 0 spiro atoms. The lowest BCUT2D eigenvalue weighted by molar-refractivity contribution is 0.0356. The number of ether oxygens (including phenoxy) is 1. The first-order valence-electron chi connectivity index (χ1n) is 5.19. The van der Waals surface area contributed by atoms with Crippen LogP contribution in [-0.4, -0.2) is 40.7 Å². The van der Waals surface area contributed by atoms with E-state index in [-0.39, 0.29) is 6.61 Å². The predicted octanol–water partition coefficient (Wildman–Crippen LogP) is 0.809. The van der Waals surface area contributed by atoms with E-state index in [1.807, 2.05) is 0 Å². The molecule has 0 aliphatic carbocycles. The monoisotopic (exact) mass is 231 g/mol. The van der Waals surface area contributed by atoms with Crippen LogP contribution in [0.3, 0.4) is 0 Å². The number of alkyl carbamates (subject to hydrolysis) is 1. The Morgan fingerprint density at radius 2 is 2.12 bits per heavy atom. The molecule has 0 aliphatic rings. The van der Waals surface area contributed by atoms with E-state index in [0.717, 1.165) is 0 Å². The summed E-state index contributed by atoms with van der Waals surface area (Å²) in [4.78, 5) is 11.4. The van der Waals surface area contributed by atoms with Crippen molar-refractivity contribution in [1.82, 2.24) is 5.32 Å². The molecule has 0 aromatic rings. The second-order valence-electron chi connectivity index (χ2n) is 4.53. The maximum absolute atomic E-state index is 11.4. The zero-order chi connectivity index (χ0) is 12.8.